The number of methoxy groups -OCH3 is 1. The van der Waals surface area contributed by atoms with Crippen molar-refractivity contribution in [2.24, 2.45) is 5.92 Å². The maximum absolute atomic E-state index is 11.8. The van der Waals surface area contributed by atoms with Crippen LogP contribution in [0.5, 0.6) is 5.75 Å². The van der Waals surface area contributed by atoms with Crippen molar-refractivity contribution in [3.05, 3.63) is 24.3 Å². The Hall–Kier alpha value is -1.75. The van der Waals surface area contributed by atoms with E-state index in [2.05, 4.69) is 16.0 Å². The standard InChI is InChI=1S/C15H23N3O2/c1-20-14-7-3-2-6-13(14)17-11-15(19)18-10-12-5-4-8-16-9-12/h2-3,6-7,12,16-17H,4-5,8-11H2,1H3,(H,18,19). The lowest BCUT2D eigenvalue weighted by Crippen LogP contribution is -2.39. The molecule has 0 radical (unpaired) electrons. The van der Waals surface area contributed by atoms with Gasteiger partial charge in [-0.05, 0) is 44.0 Å². The number of ether oxygens (including phenoxy) is 1. The molecule has 0 aromatic heterocycles. The largest absolute Gasteiger partial charge is 0.495 e. The Morgan fingerprint density at radius 2 is 2.30 bits per heavy atom. The number of amides is 1. The fraction of sp³-hybridized carbons (Fsp3) is 0.533. The van der Waals surface area contributed by atoms with Gasteiger partial charge in [0.15, 0.2) is 0 Å². The van der Waals surface area contributed by atoms with Gasteiger partial charge in [0.2, 0.25) is 5.91 Å². The normalized spacial score (nSPS) is 18.4. The minimum Gasteiger partial charge on any atom is -0.495 e. The highest BCUT2D eigenvalue weighted by atomic mass is 16.5. The average Bonchev–Trinajstić information content (AvgIpc) is 2.52. The highest BCUT2D eigenvalue weighted by Crippen LogP contribution is 2.22. The van der Waals surface area contributed by atoms with Gasteiger partial charge in [-0.15, -0.1) is 0 Å². The van der Waals surface area contributed by atoms with Crippen LogP contribution in [0, 0.1) is 5.92 Å². The molecule has 0 spiro atoms. The number of hydrogen-bond acceptors (Lipinski definition) is 4. The van der Waals surface area contributed by atoms with E-state index in [0.717, 1.165) is 31.1 Å². The van der Waals surface area contributed by atoms with E-state index < -0.39 is 0 Å². The van der Waals surface area contributed by atoms with Crippen LogP contribution in [-0.2, 0) is 4.79 Å². The zero-order valence-corrected chi connectivity index (χ0v) is 11.9. The molecule has 1 aromatic carbocycles. The Kier molecular flexibility index (Phi) is 5.68. The minimum atomic E-state index is 0.0153. The SMILES string of the molecule is COc1ccccc1NCC(=O)NCC1CCCNC1. The predicted octanol–water partition coefficient (Wildman–Crippen LogP) is 1.22. The van der Waals surface area contributed by atoms with Gasteiger partial charge in [-0.1, -0.05) is 12.1 Å². The first-order valence-electron chi connectivity index (χ1n) is 7.14. The molecule has 0 bridgehead atoms. The molecule has 5 heteroatoms. The summed E-state index contributed by atoms with van der Waals surface area (Å²) in [4.78, 5) is 11.8. The molecule has 1 amide bonds. The van der Waals surface area contributed by atoms with E-state index in [1.165, 1.54) is 12.8 Å². The number of nitrogens with one attached hydrogen (secondary N) is 3. The van der Waals surface area contributed by atoms with Crippen LogP contribution >= 0.6 is 0 Å². The molecule has 1 heterocycles. The second-order valence-corrected chi connectivity index (χ2v) is 5.07. The van der Waals surface area contributed by atoms with Crippen molar-refractivity contribution in [2.75, 3.05) is 38.6 Å². The number of rotatable bonds is 6. The molecule has 5 nitrogen and oxygen atoms in total. The first kappa shape index (κ1) is 14.7. The monoisotopic (exact) mass is 277 g/mol. The Morgan fingerprint density at radius 3 is 3.05 bits per heavy atom. The molecule has 1 saturated heterocycles. The van der Waals surface area contributed by atoms with Crippen LogP contribution in [0.4, 0.5) is 5.69 Å². The number of carbonyl (C=O) groups excluding carboxylic acids is 1. The fourth-order valence-corrected chi connectivity index (χ4v) is 2.39. The summed E-state index contributed by atoms with van der Waals surface area (Å²) >= 11 is 0. The topological polar surface area (TPSA) is 62.4 Å². The summed E-state index contributed by atoms with van der Waals surface area (Å²) in [5.74, 6) is 1.32. The van der Waals surface area contributed by atoms with Crippen LogP contribution in [0.25, 0.3) is 0 Å². The smallest absolute Gasteiger partial charge is 0.239 e. The fourth-order valence-electron chi connectivity index (χ4n) is 2.39. The van der Waals surface area contributed by atoms with E-state index >= 15 is 0 Å². The summed E-state index contributed by atoms with van der Waals surface area (Å²) in [5, 5.41) is 9.42. The van der Waals surface area contributed by atoms with Crippen molar-refractivity contribution in [3.8, 4) is 5.75 Å². The average molecular weight is 277 g/mol. The molecule has 110 valence electrons. The molecular weight excluding hydrogens is 254 g/mol. The Bertz CT molecular complexity index is 431. The van der Waals surface area contributed by atoms with Gasteiger partial charge >= 0.3 is 0 Å². The van der Waals surface area contributed by atoms with Gasteiger partial charge < -0.3 is 20.7 Å². The molecule has 2 rings (SSSR count). The van der Waals surface area contributed by atoms with Gasteiger partial charge in [0, 0.05) is 6.54 Å². The third kappa shape index (κ3) is 4.42. The van der Waals surface area contributed by atoms with Crippen molar-refractivity contribution < 1.29 is 9.53 Å². The molecule has 1 aliphatic rings. The van der Waals surface area contributed by atoms with Gasteiger partial charge in [-0.3, -0.25) is 4.79 Å². The molecule has 1 unspecified atom stereocenters. The molecule has 1 atom stereocenters. The summed E-state index contributed by atoms with van der Waals surface area (Å²) in [5.41, 5.74) is 0.837. The van der Waals surface area contributed by atoms with Crippen LogP contribution in [0.2, 0.25) is 0 Å². The van der Waals surface area contributed by atoms with Crippen molar-refractivity contribution in [2.45, 2.75) is 12.8 Å². The van der Waals surface area contributed by atoms with Crippen LogP contribution in [0.3, 0.4) is 0 Å². The maximum atomic E-state index is 11.8. The number of carbonyl (C=O) groups is 1. The first-order chi connectivity index (χ1) is 9.79. The quantitative estimate of drug-likeness (QED) is 0.732. The first-order valence-corrected chi connectivity index (χ1v) is 7.14. The molecule has 0 aliphatic carbocycles. The molecular formula is C15H23N3O2. The highest BCUT2D eigenvalue weighted by Gasteiger charge is 2.13. The second kappa shape index (κ2) is 7.75. The minimum absolute atomic E-state index is 0.0153. The van der Waals surface area contributed by atoms with Crippen LogP contribution in [0.1, 0.15) is 12.8 Å². The van der Waals surface area contributed by atoms with E-state index in [-0.39, 0.29) is 12.5 Å². The summed E-state index contributed by atoms with van der Waals surface area (Å²) in [7, 11) is 1.62. The molecule has 3 N–H and O–H groups in total. The molecule has 1 fully saturated rings. The lowest BCUT2D eigenvalue weighted by molar-refractivity contribution is -0.119. The third-order valence-electron chi connectivity index (χ3n) is 3.53. The van der Waals surface area contributed by atoms with E-state index in [1.54, 1.807) is 7.11 Å². The van der Waals surface area contributed by atoms with Gasteiger partial charge in [0.25, 0.3) is 0 Å². The summed E-state index contributed by atoms with van der Waals surface area (Å²) in [6, 6.07) is 7.59. The second-order valence-electron chi connectivity index (χ2n) is 5.07. The molecule has 20 heavy (non-hydrogen) atoms. The summed E-state index contributed by atoms with van der Waals surface area (Å²) < 4.78 is 5.23. The van der Waals surface area contributed by atoms with Gasteiger partial charge in [-0.25, -0.2) is 0 Å². The lowest BCUT2D eigenvalue weighted by atomic mass is 10.00. The zero-order valence-electron chi connectivity index (χ0n) is 11.9. The van der Waals surface area contributed by atoms with Crippen LogP contribution in [0.15, 0.2) is 24.3 Å². The summed E-state index contributed by atoms with van der Waals surface area (Å²) in [6.45, 7) is 3.11. The molecule has 0 saturated carbocycles. The van der Waals surface area contributed by atoms with E-state index in [4.69, 9.17) is 4.74 Å². The Labute approximate surface area is 120 Å². The van der Waals surface area contributed by atoms with Gasteiger partial charge in [0.1, 0.15) is 5.75 Å². The highest BCUT2D eigenvalue weighted by molar-refractivity contribution is 5.81. The van der Waals surface area contributed by atoms with Crippen molar-refractivity contribution in [3.63, 3.8) is 0 Å². The van der Waals surface area contributed by atoms with E-state index in [9.17, 15) is 4.79 Å². The third-order valence-corrected chi connectivity index (χ3v) is 3.53. The van der Waals surface area contributed by atoms with E-state index in [0.29, 0.717) is 5.92 Å². The number of para-hydroxylation sites is 2. The number of benzene rings is 1. The number of hydrogen-bond donors (Lipinski definition) is 3. The van der Waals surface area contributed by atoms with Crippen molar-refractivity contribution >= 4 is 11.6 Å². The van der Waals surface area contributed by atoms with Gasteiger partial charge in [0.05, 0.1) is 19.3 Å². The number of anilines is 1. The zero-order chi connectivity index (χ0) is 14.2. The van der Waals surface area contributed by atoms with Crippen molar-refractivity contribution in [1.82, 2.24) is 10.6 Å². The molecule has 1 aromatic rings. The van der Waals surface area contributed by atoms with E-state index in [1.807, 2.05) is 24.3 Å². The Balaban J connectivity index is 1.71. The summed E-state index contributed by atoms with van der Waals surface area (Å²) in [6.07, 6.45) is 2.38. The predicted molar refractivity (Wildman–Crippen MR) is 80.1 cm³/mol. The Morgan fingerprint density at radius 1 is 1.45 bits per heavy atom. The molecule has 1 aliphatic heterocycles. The maximum Gasteiger partial charge on any atom is 0.239 e. The van der Waals surface area contributed by atoms with Crippen LogP contribution in [-0.4, -0.2) is 39.2 Å². The lowest BCUT2D eigenvalue weighted by Gasteiger charge is -2.23. The van der Waals surface area contributed by atoms with Crippen LogP contribution < -0.4 is 20.7 Å². The van der Waals surface area contributed by atoms with Crippen molar-refractivity contribution in [1.29, 1.82) is 0 Å². The number of piperidine rings is 1. The van der Waals surface area contributed by atoms with Gasteiger partial charge in [-0.2, -0.15) is 0 Å².